The summed E-state index contributed by atoms with van der Waals surface area (Å²) in [6, 6.07) is 1.40. The number of aromatic nitrogens is 3. The van der Waals surface area contributed by atoms with Crippen LogP contribution in [0.1, 0.15) is 10.4 Å². The molecule has 0 aliphatic heterocycles. The number of nitrogens with zero attached hydrogens (tertiary/aromatic N) is 3. The van der Waals surface area contributed by atoms with Gasteiger partial charge >= 0.3 is 0 Å². The molecule has 1 N–H and O–H groups in total. The largest absolute Gasteiger partial charge is 0.311 e. The molecule has 2 aromatic rings. The van der Waals surface area contributed by atoms with Crippen molar-refractivity contribution in [1.29, 1.82) is 0 Å². The lowest BCUT2D eigenvalue weighted by molar-refractivity contribution is 0.102. The monoisotopic (exact) mass is 274 g/mol. The number of amides is 1. The summed E-state index contributed by atoms with van der Waals surface area (Å²) in [6.45, 7) is 0. The number of carbonyl (C=O) groups is 1. The fraction of sp³-hybridized carbons (Fsp3) is 0. The first kappa shape index (κ1) is 11.3. The van der Waals surface area contributed by atoms with Gasteiger partial charge in [-0.3, -0.25) is 4.79 Å². The van der Waals surface area contributed by atoms with E-state index >= 15 is 0 Å². The van der Waals surface area contributed by atoms with Crippen molar-refractivity contribution >= 4 is 45.6 Å². The highest BCUT2D eigenvalue weighted by Crippen LogP contribution is 2.20. The smallest absolute Gasteiger partial charge is 0.258 e. The highest BCUT2D eigenvalue weighted by Gasteiger charge is 2.12. The SMILES string of the molecule is O=C(Nc1cnns1)c1cc(Cl)ncc1Cl. The van der Waals surface area contributed by atoms with E-state index in [0.717, 1.165) is 11.5 Å². The first-order chi connectivity index (χ1) is 7.66. The number of carbonyl (C=O) groups excluding carboxylic acids is 1. The standard InChI is InChI=1S/C8H4Cl2N4OS/c9-5-2-11-6(10)1-4(5)8(15)13-7-3-12-14-16-7/h1-3H,(H,13,15). The molecule has 2 rings (SSSR count). The van der Waals surface area contributed by atoms with E-state index in [1.165, 1.54) is 18.5 Å². The van der Waals surface area contributed by atoms with Crippen LogP contribution < -0.4 is 5.32 Å². The Kier molecular flexibility index (Phi) is 3.33. The van der Waals surface area contributed by atoms with Crippen LogP contribution in [0.15, 0.2) is 18.5 Å². The van der Waals surface area contributed by atoms with Crippen LogP contribution in [-0.4, -0.2) is 20.5 Å². The van der Waals surface area contributed by atoms with E-state index in [0.29, 0.717) is 5.00 Å². The van der Waals surface area contributed by atoms with Gasteiger partial charge in [-0.1, -0.05) is 27.7 Å². The maximum Gasteiger partial charge on any atom is 0.258 e. The topological polar surface area (TPSA) is 67.8 Å². The Morgan fingerprint density at radius 2 is 2.19 bits per heavy atom. The molecule has 0 fully saturated rings. The molecule has 0 bridgehead atoms. The molecule has 0 saturated heterocycles. The van der Waals surface area contributed by atoms with Gasteiger partial charge in [0.2, 0.25) is 0 Å². The van der Waals surface area contributed by atoms with E-state index in [-0.39, 0.29) is 21.6 Å². The van der Waals surface area contributed by atoms with Gasteiger partial charge in [-0.05, 0) is 6.07 Å². The second-order valence-electron chi connectivity index (χ2n) is 2.72. The Morgan fingerprint density at radius 3 is 2.88 bits per heavy atom. The summed E-state index contributed by atoms with van der Waals surface area (Å²) in [6.07, 6.45) is 2.77. The molecule has 0 radical (unpaired) electrons. The third-order valence-electron chi connectivity index (χ3n) is 1.66. The van der Waals surface area contributed by atoms with Crippen molar-refractivity contribution in [3.8, 4) is 0 Å². The van der Waals surface area contributed by atoms with E-state index in [9.17, 15) is 4.79 Å². The van der Waals surface area contributed by atoms with Gasteiger partial charge in [-0.25, -0.2) is 4.98 Å². The van der Waals surface area contributed by atoms with Crippen LogP contribution in [0.25, 0.3) is 0 Å². The van der Waals surface area contributed by atoms with Crippen LogP contribution in [0.5, 0.6) is 0 Å². The molecule has 16 heavy (non-hydrogen) atoms. The van der Waals surface area contributed by atoms with Crippen molar-refractivity contribution in [2.45, 2.75) is 0 Å². The van der Waals surface area contributed by atoms with E-state index in [1.807, 2.05) is 0 Å². The highest BCUT2D eigenvalue weighted by molar-refractivity contribution is 7.10. The second kappa shape index (κ2) is 4.73. The predicted molar refractivity (Wildman–Crippen MR) is 62.1 cm³/mol. The lowest BCUT2D eigenvalue weighted by Gasteiger charge is -2.03. The van der Waals surface area contributed by atoms with E-state index in [2.05, 4.69) is 19.9 Å². The van der Waals surface area contributed by atoms with Crippen LogP contribution in [0, 0.1) is 0 Å². The molecule has 2 aromatic heterocycles. The molecule has 0 saturated carbocycles. The average molecular weight is 275 g/mol. The van der Waals surface area contributed by atoms with Gasteiger partial charge in [0.15, 0.2) is 0 Å². The predicted octanol–water partition coefficient (Wildman–Crippen LogP) is 2.49. The highest BCUT2D eigenvalue weighted by atomic mass is 35.5. The molecule has 1 amide bonds. The van der Waals surface area contributed by atoms with Crippen molar-refractivity contribution in [3.63, 3.8) is 0 Å². The molecule has 82 valence electrons. The zero-order valence-corrected chi connectivity index (χ0v) is 9.97. The van der Waals surface area contributed by atoms with Gasteiger partial charge < -0.3 is 5.32 Å². The fourth-order valence-corrected chi connectivity index (χ4v) is 1.75. The van der Waals surface area contributed by atoms with Crippen LogP contribution in [0.3, 0.4) is 0 Å². The van der Waals surface area contributed by atoms with Crippen molar-refractivity contribution in [1.82, 2.24) is 14.6 Å². The molecule has 5 nitrogen and oxygen atoms in total. The normalized spacial score (nSPS) is 10.1. The lowest BCUT2D eigenvalue weighted by Crippen LogP contribution is -2.11. The molecule has 2 heterocycles. The van der Waals surface area contributed by atoms with Crippen molar-refractivity contribution in [3.05, 3.63) is 34.2 Å². The van der Waals surface area contributed by atoms with Crippen molar-refractivity contribution in [2.24, 2.45) is 0 Å². The molecule has 0 spiro atoms. The summed E-state index contributed by atoms with van der Waals surface area (Å²) in [7, 11) is 0. The third kappa shape index (κ3) is 2.46. The van der Waals surface area contributed by atoms with Crippen LogP contribution in [0.2, 0.25) is 10.2 Å². The summed E-state index contributed by atoms with van der Waals surface area (Å²) in [5.74, 6) is -0.375. The fourth-order valence-electron chi connectivity index (χ4n) is 0.989. The number of hydrogen-bond donors (Lipinski definition) is 1. The minimum absolute atomic E-state index is 0.206. The minimum atomic E-state index is -0.375. The number of rotatable bonds is 2. The molecule has 0 atom stereocenters. The number of pyridine rings is 1. The zero-order chi connectivity index (χ0) is 11.5. The molecule has 0 aliphatic rings. The molecule has 0 aromatic carbocycles. The Hall–Kier alpha value is -1.24. The Bertz CT molecular complexity index is 517. The number of nitrogens with one attached hydrogen (secondary N) is 1. The van der Waals surface area contributed by atoms with Gasteiger partial charge in [0.05, 0.1) is 16.8 Å². The Balaban J connectivity index is 2.24. The van der Waals surface area contributed by atoms with Gasteiger partial charge in [0.1, 0.15) is 10.2 Å². The van der Waals surface area contributed by atoms with E-state index < -0.39 is 0 Å². The molecule has 8 heteroatoms. The quantitative estimate of drug-likeness (QED) is 0.855. The lowest BCUT2D eigenvalue weighted by atomic mass is 10.2. The number of halogens is 2. The van der Waals surface area contributed by atoms with Crippen molar-refractivity contribution in [2.75, 3.05) is 5.32 Å². The first-order valence-electron chi connectivity index (χ1n) is 4.06. The number of anilines is 1. The summed E-state index contributed by atoms with van der Waals surface area (Å²) in [5, 5.41) is 7.16. The van der Waals surface area contributed by atoms with Crippen LogP contribution in [0.4, 0.5) is 5.00 Å². The molecular weight excluding hydrogens is 271 g/mol. The molecule has 0 unspecified atom stereocenters. The van der Waals surface area contributed by atoms with Crippen molar-refractivity contribution < 1.29 is 4.79 Å². The molecule has 0 aliphatic carbocycles. The summed E-state index contributed by atoms with van der Waals surface area (Å²) in [4.78, 5) is 15.5. The minimum Gasteiger partial charge on any atom is -0.311 e. The van der Waals surface area contributed by atoms with Gasteiger partial charge in [-0.2, -0.15) is 0 Å². The molecular formula is C8H4Cl2N4OS. The maximum absolute atomic E-state index is 11.8. The Morgan fingerprint density at radius 1 is 1.38 bits per heavy atom. The van der Waals surface area contributed by atoms with Gasteiger partial charge in [0, 0.05) is 17.7 Å². The summed E-state index contributed by atoms with van der Waals surface area (Å²) < 4.78 is 3.61. The van der Waals surface area contributed by atoms with E-state index in [1.54, 1.807) is 0 Å². The summed E-state index contributed by atoms with van der Waals surface area (Å²) >= 11 is 12.6. The number of hydrogen-bond acceptors (Lipinski definition) is 5. The zero-order valence-electron chi connectivity index (χ0n) is 7.65. The first-order valence-corrected chi connectivity index (χ1v) is 5.59. The van der Waals surface area contributed by atoms with Gasteiger partial charge in [0.25, 0.3) is 5.91 Å². The van der Waals surface area contributed by atoms with Gasteiger partial charge in [-0.15, -0.1) is 5.10 Å². The van der Waals surface area contributed by atoms with Crippen LogP contribution in [-0.2, 0) is 0 Å². The Labute approximate surface area is 105 Å². The average Bonchev–Trinajstić information content (AvgIpc) is 2.74. The third-order valence-corrected chi connectivity index (χ3v) is 2.75. The maximum atomic E-state index is 11.8. The van der Waals surface area contributed by atoms with E-state index in [4.69, 9.17) is 23.2 Å². The summed E-state index contributed by atoms with van der Waals surface area (Å²) in [5.41, 5.74) is 0.259. The van der Waals surface area contributed by atoms with Crippen LogP contribution >= 0.6 is 34.7 Å². The second-order valence-corrected chi connectivity index (χ2v) is 4.30.